The lowest BCUT2D eigenvalue weighted by Crippen LogP contribution is -2.13. The van der Waals surface area contributed by atoms with Crippen LogP contribution in [0.15, 0.2) is 54.6 Å². The van der Waals surface area contributed by atoms with Crippen molar-refractivity contribution >= 4 is 46.6 Å². The molecular weight excluding hydrogens is 604 g/mol. The van der Waals surface area contributed by atoms with Crippen LogP contribution in [-0.2, 0) is 22.6 Å². The van der Waals surface area contributed by atoms with Crippen LogP contribution in [0.2, 0.25) is 5.02 Å². The number of rotatable bonds is 15. The van der Waals surface area contributed by atoms with Crippen molar-refractivity contribution in [1.82, 2.24) is 4.57 Å². The van der Waals surface area contributed by atoms with E-state index in [2.05, 4.69) is 0 Å². The highest BCUT2D eigenvalue weighted by atomic mass is 35.5. The smallest absolute Gasteiger partial charge is 0.323 e. The van der Waals surface area contributed by atoms with E-state index in [4.69, 9.17) is 21.1 Å². The number of hydrogen-bond acceptors (Lipinski definition) is 4. The Balaban J connectivity index is 1.22. The summed E-state index contributed by atoms with van der Waals surface area (Å²) in [5.41, 5.74) is 4.23. The lowest BCUT2D eigenvalue weighted by molar-refractivity contribution is -0.139. The average Bonchev–Trinajstić information content (AvgIpc) is 3.70. The first-order chi connectivity index (χ1) is 21.5. The van der Waals surface area contributed by atoms with Crippen LogP contribution in [0.4, 0.5) is 8.78 Å². The normalized spacial score (nSPS) is 13.8. The van der Waals surface area contributed by atoms with Crippen LogP contribution in [0.25, 0.3) is 23.1 Å². The Morgan fingerprint density at radius 1 is 0.978 bits per heavy atom. The van der Waals surface area contributed by atoms with Crippen molar-refractivity contribution in [3.8, 4) is 11.5 Å². The zero-order chi connectivity index (χ0) is 32.1. The number of carbonyl (C=O) groups is 2. The third-order valence-corrected chi connectivity index (χ3v) is 8.56. The molecule has 0 spiro atoms. The fraction of sp³-hybridized carbons (Fsp3) is 0.314. The van der Waals surface area contributed by atoms with Crippen molar-refractivity contribution in [3.63, 3.8) is 0 Å². The molecule has 236 valence electrons. The van der Waals surface area contributed by atoms with Crippen molar-refractivity contribution in [2.24, 2.45) is 5.41 Å². The summed E-state index contributed by atoms with van der Waals surface area (Å²) in [4.78, 5) is 23.3. The van der Waals surface area contributed by atoms with Gasteiger partial charge in [-0.3, -0.25) is 9.59 Å². The molecule has 0 radical (unpaired) electrons. The zero-order valence-corrected chi connectivity index (χ0v) is 25.6. The van der Waals surface area contributed by atoms with Crippen molar-refractivity contribution < 1.29 is 38.1 Å². The molecule has 10 heteroatoms. The van der Waals surface area contributed by atoms with E-state index < -0.39 is 23.6 Å². The number of benzene rings is 3. The molecule has 0 atom stereocenters. The molecule has 0 amide bonds. The van der Waals surface area contributed by atoms with Gasteiger partial charge in [-0.2, -0.15) is 0 Å². The van der Waals surface area contributed by atoms with E-state index in [9.17, 15) is 28.6 Å². The number of carboxylic acid groups (broad SMARTS) is 2. The first-order valence-corrected chi connectivity index (χ1v) is 15.2. The number of fused-ring (bicyclic) bond motifs is 1. The van der Waals surface area contributed by atoms with E-state index in [0.29, 0.717) is 37.7 Å². The summed E-state index contributed by atoms with van der Waals surface area (Å²) >= 11 is 5.81. The minimum absolute atomic E-state index is 0.0250. The summed E-state index contributed by atoms with van der Waals surface area (Å²) in [5, 5.41) is 19.8. The second kappa shape index (κ2) is 13.7. The summed E-state index contributed by atoms with van der Waals surface area (Å²) in [6.07, 6.45) is 7.61. The van der Waals surface area contributed by atoms with Crippen LogP contribution in [0.5, 0.6) is 11.5 Å². The Labute approximate surface area is 264 Å². The summed E-state index contributed by atoms with van der Waals surface area (Å²) in [5.74, 6) is -2.70. The van der Waals surface area contributed by atoms with Gasteiger partial charge < -0.3 is 24.3 Å². The van der Waals surface area contributed by atoms with Crippen molar-refractivity contribution in [2.75, 3.05) is 13.2 Å². The fourth-order valence-corrected chi connectivity index (χ4v) is 5.85. The molecule has 2 N–H and O–H groups in total. The number of nitrogens with zero attached hydrogens (tertiary/aromatic N) is 1. The van der Waals surface area contributed by atoms with Gasteiger partial charge >= 0.3 is 11.9 Å². The second-order valence-corrected chi connectivity index (χ2v) is 11.9. The van der Waals surface area contributed by atoms with Crippen LogP contribution in [0.3, 0.4) is 0 Å². The van der Waals surface area contributed by atoms with E-state index in [1.165, 1.54) is 0 Å². The quantitative estimate of drug-likeness (QED) is 0.0775. The highest BCUT2D eigenvalue weighted by Gasteiger charge is 2.45. The Morgan fingerprint density at radius 2 is 1.69 bits per heavy atom. The molecule has 3 aromatic carbocycles. The number of aromatic nitrogens is 1. The highest BCUT2D eigenvalue weighted by Crippen LogP contribution is 2.52. The summed E-state index contributed by atoms with van der Waals surface area (Å²) in [7, 11) is 0. The molecule has 1 aliphatic carbocycles. The van der Waals surface area contributed by atoms with Crippen molar-refractivity contribution in [1.29, 1.82) is 0 Å². The van der Waals surface area contributed by atoms with Gasteiger partial charge in [-0.1, -0.05) is 54.1 Å². The molecule has 1 aromatic heterocycles. The molecule has 0 saturated heterocycles. The van der Waals surface area contributed by atoms with E-state index in [-0.39, 0.29) is 35.8 Å². The summed E-state index contributed by atoms with van der Waals surface area (Å²) < 4.78 is 39.9. The lowest BCUT2D eigenvalue weighted by atomic mass is 9.91. The molecule has 7 nitrogen and oxygen atoms in total. The second-order valence-electron chi connectivity index (χ2n) is 11.5. The molecule has 0 unspecified atom stereocenters. The highest BCUT2D eigenvalue weighted by molar-refractivity contribution is 6.32. The number of para-hydroxylation sites is 1. The fourth-order valence-electron chi connectivity index (χ4n) is 5.69. The number of hydrogen-bond donors (Lipinski definition) is 2. The van der Waals surface area contributed by atoms with E-state index in [1.807, 2.05) is 66.1 Å². The van der Waals surface area contributed by atoms with Crippen LogP contribution in [0.1, 0.15) is 54.5 Å². The number of aliphatic carboxylic acids is 2. The third-order valence-electron chi connectivity index (χ3n) is 8.19. The van der Waals surface area contributed by atoms with E-state index in [0.717, 1.165) is 52.2 Å². The molecule has 45 heavy (non-hydrogen) atoms. The Hall–Kier alpha value is -4.37. The maximum atomic E-state index is 13.5. The maximum absolute atomic E-state index is 13.5. The van der Waals surface area contributed by atoms with Gasteiger partial charge in [0, 0.05) is 23.2 Å². The topological polar surface area (TPSA) is 98.0 Å². The Kier molecular flexibility index (Phi) is 9.77. The molecule has 5 rings (SSSR count). The number of unbranched alkanes of at least 4 members (excludes halogenated alkanes) is 1. The van der Waals surface area contributed by atoms with Gasteiger partial charge in [0.15, 0.2) is 0 Å². The molecule has 1 fully saturated rings. The van der Waals surface area contributed by atoms with Crippen LogP contribution in [-0.4, -0.2) is 39.9 Å². The number of carboxylic acids is 2. The molecule has 4 aromatic rings. The molecular formula is C35H34ClF2NO6. The van der Waals surface area contributed by atoms with Gasteiger partial charge in [-0.15, -0.1) is 0 Å². The minimum Gasteiger partial charge on any atom is -0.494 e. The van der Waals surface area contributed by atoms with Crippen molar-refractivity contribution in [3.05, 3.63) is 93.6 Å². The lowest BCUT2D eigenvalue weighted by Gasteiger charge is -2.13. The standard InChI is InChI=1S/C35H34ClF2NO6/c1-22-28(19-35(13-14-35)20-31(40)41)27-6-4-5-24(34(27)39(22)21-32(42)43)10-7-23-8-11-26(12-9-23)44-15-2-3-16-45-30-18-25(37)17-29(38)33(30)36/h4-12,17-18H,2-3,13-16,19-21H2,1H3,(H,40,41)(H,42,43). The van der Waals surface area contributed by atoms with Crippen LogP contribution in [0, 0.1) is 24.0 Å². The zero-order valence-electron chi connectivity index (χ0n) is 24.8. The Bertz CT molecular complexity index is 1740. The Morgan fingerprint density at radius 3 is 2.36 bits per heavy atom. The predicted octanol–water partition coefficient (Wildman–Crippen LogP) is 8.17. The molecule has 0 bridgehead atoms. The SMILES string of the molecule is Cc1c(CC2(CC(=O)O)CC2)c2cccc(C=Cc3ccc(OCCCCOc4cc(F)cc(F)c4Cl)cc3)c2n1CC(=O)O. The summed E-state index contributed by atoms with van der Waals surface area (Å²) in [6.45, 7) is 2.40. The van der Waals surface area contributed by atoms with Gasteiger partial charge in [-0.25, -0.2) is 8.78 Å². The molecule has 1 aliphatic rings. The largest absolute Gasteiger partial charge is 0.494 e. The number of halogens is 3. The molecule has 1 saturated carbocycles. The predicted molar refractivity (Wildman–Crippen MR) is 169 cm³/mol. The monoisotopic (exact) mass is 637 g/mol. The van der Waals surface area contributed by atoms with Gasteiger partial charge in [0.25, 0.3) is 0 Å². The first kappa shape index (κ1) is 32.0. The van der Waals surface area contributed by atoms with Gasteiger partial charge in [0.05, 0.1) is 25.2 Å². The minimum atomic E-state index is -0.943. The van der Waals surface area contributed by atoms with Gasteiger partial charge in [0.2, 0.25) is 0 Å². The first-order valence-electron chi connectivity index (χ1n) is 14.8. The van der Waals surface area contributed by atoms with E-state index in [1.54, 1.807) is 0 Å². The number of ether oxygens (including phenoxy) is 2. The molecule has 1 heterocycles. The van der Waals surface area contributed by atoms with Crippen molar-refractivity contribution in [2.45, 2.75) is 52.0 Å². The third kappa shape index (κ3) is 7.84. The van der Waals surface area contributed by atoms with Crippen LogP contribution < -0.4 is 9.47 Å². The molecule has 0 aliphatic heterocycles. The van der Waals surface area contributed by atoms with Gasteiger partial charge in [-0.05, 0) is 73.3 Å². The van der Waals surface area contributed by atoms with Crippen LogP contribution >= 0.6 is 11.6 Å². The van der Waals surface area contributed by atoms with Gasteiger partial charge in [0.1, 0.15) is 34.7 Å². The summed E-state index contributed by atoms with van der Waals surface area (Å²) in [6, 6.07) is 15.2. The average molecular weight is 638 g/mol. The van der Waals surface area contributed by atoms with E-state index >= 15 is 0 Å². The maximum Gasteiger partial charge on any atom is 0.323 e.